The van der Waals surface area contributed by atoms with Crippen molar-refractivity contribution in [2.45, 2.75) is 6.92 Å². The maximum Gasteiger partial charge on any atom is 0.351 e. The minimum absolute atomic E-state index is 0.0718. The molecule has 8 nitrogen and oxygen atoms in total. The van der Waals surface area contributed by atoms with Crippen molar-refractivity contribution in [1.82, 2.24) is 0 Å². The van der Waals surface area contributed by atoms with E-state index in [0.717, 1.165) is 11.3 Å². The van der Waals surface area contributed by atoms with Gasteiger partial charge >= 0.3 is 17.6 Å². The lowest BCUT2D eigenvalue weighted by Crippen LogP contribution is -2.30. The number of thiophene rings is 1. The summed E-state index contributed by atoms with van der Waals surface area (Å²) in [7, 11) is 1.53. The number of nitrogens with one attached hydrogen (secondary N) is 1. The van der Waals surface area contributed by atoms with Gasteiger partial charge in [0, 0.05) is 24.4 Å². The number of hydrogen-bond donors (Lipinski definition) is 2. The molecule has 0 aliphatic heterocycles. The zero-order valence-electron chi connectivity index (χ0n) is 14.3. The Bertz CT molecular complexity index is 1110. The third kappa shape index (κ3) is 3.72. The minimum atomic E-state index is -1.37. The number of fused-ring (bicyclic) bond motifs is 1. The maximum atomic E-state index is 12.4. The molecule has 0 spiro atoms. The first kappa shape index (κ1) is 18.3. The molecular weight excluding hydrogens is 372 g/mol. The molecule has 0 unspecified atom stereocenters. The first-order valence-corrected chi connectivity index (χ1v) is 8.54. The number of nitrogens with zero attached hydrogens (tertiary/aromatic N) is 1. The Labute approximate surface area is 156 Å². The number of rotatable bonds is 4. The number of carbonyl (C=O) groups is 3. The first-order valence-electron chi connectivity index (χ1n) is 7.73. The summed E-state index contributed by atoms with van der Waals surface area (Å²) in [6.07, 6.45) is 0. The Hall–Kier alpha value is -3.46. The monoisotopic (exact) mass is 386 g/mol. The molecule has 2 heterocycles. The number of hydrogen-bond acceptors (Lipinski definition) is 6. The molecule has 3 rings (SSSR count). The van der Waals surface area contributed by atoms with E-state index in [1.807, 2.05) is 0 Å². The number of carboxylic acid groups (broad SMARTS) is 1. The summed E-state index contributed by atoms with van der Waals surface area (Å²) in [4.78, 5) is 47.7. The fourth-order valence-corrected chi connectivity index (χ4v) is 3.30. The van der Waals surface area contributed by atoms with Gasteiger partial charge in [0.15, 0.2) is 11.4 Å². The van der Waals surface area contributed by atoms with Gasteiger partial charge in [-0.2, -0.15) is 0 Å². The molecule has 0 bridgehead atoms. The largest absolute Gasteiger partial charge is 0.477 e. The molecule has 2 amide bonds. The van der Waals surface area contributed by atoms with Crippen LogP contribution in [-0.4, -0.2) is 29.9 Å². The van der Waals surface area contributed by atoms with Crippen LogP contribution in [0.15, 0.2) is 45.6 Å². The number of Topliss-reactive ketones (excluding diaryl/α,β-unsaturated/α-hetero) is 1. The molecule has 2 N–H and O–H groups in total. The van der Waals surface area contributed by atoms with Crippen LogP contribution in [0.25, 0.3) is 10.3 Å². The number of aromatic carboxylic acids is 1. The van der Waals surface area contributed by atoms with Gasteiger partial charge in [-0.25, -0.2) is 14.4 Å². The normalized spacial score (nSPS) is 10.6. The quantitative estimate of drug-likeness (QED) is 0.664. The SMILES string of the molecule is CC(=O)c1ccc(NC(=O)N(C)c2cc3oc(=O)c(C(=O)O)cc3s2)cc1. The number of carbonyl (C=O) groups excluding carboxylic acids is 2. The topological polar surface area (TPSA) is 117 Å². The predicted molar refractivity (Wildman–Crippen MR) is 101 cm³/mol. The summed E-state index contributed by atoms with van der Waals surface area (Å²) < 4.78 is 5.44. The lowest BCUT2D eigenvalue weighted by Gasteiger charge is -2.15. The van der Waals surface area contributed by atoms with Crippen LogP contribution >= 0.6 is 11.3 Å². The Morgan fingerprint density at radius 3 is 2.41 bits per heavy atom. The van der Waals surface area contributed by atoms with Gasteiger partial charge < -0.3 is 14.8 Å². The summed E-state index contributed by atoms with van der Waals surface area (Å²) in [5.41, 5.74) is -0.158. The van der Waals surface area contributed by atoms with Crippen molar-refractivity contribution >= 4 is 50.1 Å². The Kier molecular flexibility index (Phi) is 4.78. The van der Waals surface area contributed by atoms with Crippen molar-refractivity contribution in [3.63, 3.8) is 0 Å². The fourth-order valence-electron chi connectivity index (χ4n) is 2.31. The van der Waals surface area contributed by atoms with Crippen LogP contribution in [0.1, 0.15) is 27.6 Å². The fraction of sp³-hybridized carbons (Fsp3) is 0.111. The van der Waals surface area contributed by atoms with Gasteiger partial charge in [-0.3, -0.25) is 9.69 Å². The van der Waals surface area contributed by atoms with Crippen molar-refractivity contribution in [2.75, 3.05) is 17.3 Å². The summed E-state index contributed by atoms with van der Waals surface area (Å²) in [6.45, 7) is 1.46. The van der Waals surface area contributed by atoms with Gasteiger partial charge in [-0.05, 0) is 37.3 Å². The molecule has 0 saturated carbocycles. The van der Waals surface area contributed by atoms with Crippen LogP contribution in [0.2, 0.25) is 0 Å². The Morgan fingerprint density at radius 2 is 1.81 bits per heavy atom. The first-order chi connectivity index (χ1) is 12.8. The molecule has 3 aromatic rings. The molecule has 9 heteroatoms. The van der Waals surface area contributed by atoms with E-state index >= 15 is 0 Å². The highest BCUT2D eigenvalue weighted by molar-refractivity contribution is 7.22. The number of benzene rings is 1. The molecule has 0 atom stereocenters. The highest BCUT2D eigenvalue weighted by atomic mass is 32.1. The molecular formula is C18H14N2O6S. The third-order valence-corrected chi connectivity index (χ3v) is 4.96. The van der Waals surface area contributed by atoms with E-state index in [0.29, 0.717) is 21.0 Å². The van der Waals surface area contributed by atoms with Crippen LogP contribution in [0, 0.1) is 0 Å². The number of urea groups is 1. The molecule has 0 radical (unpaired) electrons. The van der Waals surface area contributed by atoms with Crippen LogP contribution < -0.4 is 15.8 Å². The van der Waals surface area contributed by atoms with E-state index in [2.05, 4.69) is 5.32 Å². The number of carboxylic acids is 1. The van der Waals surface area contributed by atoms with Crippen LogP contribution in [0.3, 0.4) is 0 Å². The second-order valence-corrected chi connectivity index (χ2v) is 6.75. The van der Waals surface area contributed by atoms with E-state index in [4.69, 9.17) is 9.52 Å². The Morgan fingerprint density at radius 1 is 1.15 bits per heavy atom. The molecule has 0 aliphatic carbocycles. The smallest absolute Gasteiger partial charge is 0.351 e. The zero-order chi connectivity index (χ0) is 19.7. The van der Waals surface area contributed by atoms with Gasteiger partial charge in [-0.15, -0.1) is 11.3 Å². The minimum Gasteiger partial charge on any atom is -0.477 e. The Balaban J connectivity index is 1.83. The van der Waals surface area contributed by atoms with Crippen molar-refractivity contribution in [3.8, 4) is 0 Å². The van der Waals surface area contributed by atoms with Crippen molar-refractivity contribution in [3.05, 3.63) is 57.9 Å². The molecule has 138 valence electrons. The van der Waals surface area contributed by atoms with E-state index in [9.17, 15) is 19.2 Å². The van der Waals surface area contributed by atoms with E-state index in [-0.39, 0.29) is 11.4 Å². The average Bonchev–Trinajstić information content (AvgIpc) is 3.03. The zero-order valence-corrected chi connectivity index (χ0v) is 15.1. The lowest BCUT2D eigenvalue weighted by molar-refractivity contribution is 0.0692. The summed E-state index contributed by atoms with van der Waals surface area (Å²) in [5, 5.41) is 12.2. The average molecular weight is 386 g/mol. The number of ketones is 1. The molecule has 0 aliphatic rings. The molecule has 0 saturated heterocycles. The summed E-state index contributed by atoms with van der Waals surface area (Å²) in [5.74, 6) is -1.45. The van der Waals surface area contributed by atoms with E-state index in [1.54, 1.807) is 24.3 Å². The number of anilines is 2. The van der Waals surface area contributed by atoms with Gasteiger partial charge in [0.1, 0.15) is 10.6 Å². The van der Waals surface area contributed by atoms with Crippen LogP contribution in [0.4, 0.5) is 15.5 Å². The lowest BCUT2D eigenvalue weighted by atomic mass is 10.1. The van der Waals surface area contributed by atoms with Gasteiger partial charge in [0.2, 0.25) is 0 Å². The molecule has 1 aromatic carbocycles. The number of amides is 2. The van der Waals surface area contributed by atoms with Crippen molar-refractivity contribution in [1.29, 1.82) is 0 Å². The highest BCUT2D eigenvalue weighted by Gasteiger charge is 2.18. The molecule has 2 aromatic heterocycles. The van der Waals surface area contributed by atoms with E-state index in [1.165, 1.54) is 31.0 Å². The van der Waals surface area contributed by atoms with Gasteiger partial charge in [0.05, 0.1) is 4.70 Å². The van der Waals surface area contributed by atoms with Crippen LogP contribution in [0.5, 0.6) is 0 Å². The van der Waals surface area contributed by atoms with E-state index < -0.39 is 23.2 Å². The third-order valence-electron chi connectivity index (χ3n) is 3.82. The van der Waals surface area contributed by atoms with Gasteiger partial charge in [-0.1, -0.05) is 0 Å². The molecule has 0 fully saturated rings. The summed E-state index contributed by atoms with van der Waals surface area (Å²) in [6, 6.07) is 8.73. The van der Waals surface area contributed by atoms with Crippen molar-refractivity contribution < 1.29 is 23.9 Å². The maximum absolute atomic E-state index is 12.4. The predicted octanol–water partition coefficient (Wildman–Crippen LogP) is 3.42. The van der Waals surface area contributed by atoms with Crippen LogP contribution in [-0.2, 0) is 0 Å². The highest BCUT2D eigenvalue weighted by Crippen LogP contribution is 2.32. The second-order valence-electron chi connectivity index (χ2n) is 5.69. The van der Waals surface area contributed by atoms with Gasteiger partial charge in [0.25, 0.3) is 0 Å². The molecule has 27 heavy (non-hydrogen) atoms. The standard InChI is InChI=1S/C18H14N2O6S/c1-9(21)10-3-5-11(6-4-10)19-18(25)20(2)15-8-13-14(27-15)7-12(16(22)23)17(24)26-13/h3-8H,1-2H3,(H,19,25)(H,22,23). The van der Waals surface area contributed by atoms with Crippen molar-refractivity contribution in [2.24, 2.45) is 0 Å². The summed E-state index contributed by atoms with van der Waals surface area (Å²) >= 11 is 1.12. The second kappa shape index (κ2) is 7.04.